The molecular weight excluding hydrogens is 500 g/mol. The molecule has 1 N–H and O–H groups in total. The summed E-state index contributed by atoms with van der Waals surface area (Å²) in [6.07, 6.45) is 1.79. The van der Waals surface area contributed by atoms with Gasteiger partial charge in [-0.25, -0.2) is 9.79 Å². The summed E-state index contributed by atoms with van der Waals surface area (Å²) >= 11 is 7.20. The van der Waals surface area contributed by atoms with Crippen LogP contribution in [-0.2, 0) is 11.4 Å². The van der Waals surface area contributed by atoms with Gasteiger partial charge >= 0.3 is 5.97 Å². The van der Waals surface area contributed by atoms with Gasteiger partial charge in [-0.05, 0) is 84.4 Å². The second-order valence-corrected chi connectivity index (χ2v) is 9.18. The van der Waals surface area contributed by atoms with Gasteiger partial charge in [-0.2, -0.15) is 0 Å². The van der Waals surface area contributed by atoms with Gasteiger partial charge in [0, 0.05) is 11.6 Å². The Kier molecular flexibility index (Phi) is 7.97. The van der Waals surface area contributed by atoms with Gasteiger partial charge in [0.2, 0.25) is 0 Å². The number of aliphatic imine (C=N–C) groups is 1. The minimum absolute atomic E-state index is 0.148. The number of amides is 1. The first kappa shape index (κ1) is 25.3. The van der Waals surface area contributed by atoms with Crippen molar-refractivity contribution in [1.29, 1.82) is 0 Å². The Bertz CT molecular complexity index is 1340. The zero-order chi connectivity index (χ0) is 25.7. The van der Waals surface area contributed by atoms with Gasteiger partial charge in [0.05, 0.1) is 23.3 Å². The number of rotatable bonds is 8. The van der Waals surface area contributed by atoms with Crippen molar-refractivity contribution in [3.63, 3.8) is 0 Å². The molecule has 0 radical (unpaired) electrons. The highest BCUT2D eigenvalue weighted by Crippen LogP contribution is 2.36. The maximum Gasteiger partial charge on any atom is 0.335 e. The quantitative estimate of drug-likeness (QED) is 0.352. The second kappa shape index (κ2) is 11.3. The molecular formula is C27H23ClN2O5S. The molecule has 7 nitrogen and oxygen atoms in total. The van der Waals surface area contributed by atoms with Crippen LogP contribution >= 0.6 is 23.4 Å². The normalized spacial score (nSPS) is 15.5. The Morgan fingerprint density at radius 3 is 2.44 bits per heavy atom. The molecule has 0 saturated carbocycles. The summed E-state index contributed by atoms with van der Waals surface area (Å²) < 4.78 is 11.4. The number of thioether (sulfide) groups is 1. The van der Waals surface area contributed by atoms with Crippen molar-refractivity contribution in [3.8, 4) is 11.5 Å². The van der Waals surface area contributed by atoms with Crippen molar-refractivity contribution in [2.75, 3.05) is 13.7 Å². The molecule has 1 heterocycles. The predicted molar refractivity (Wildman–Crippen MR) is 142 cm³/mol. The fourth-order valence-corrected chi connectivity index (χ4v) is 4.63. The number of carbonyl (C=O) groups is 2. The summed E-state index contributed by atoms with van der Waals surface area (Å²) in [5.41, 5.74) is 2.50. The zero-order valence-electron chi connectivity index (χ0n) is 19.6. The van der Waals surface area contributed by atoms with Gasteiger partial charge in [-0.3, -0.25) is 9.69 Å². The molecule has 0 bridgehead atoms. The molecule has 0 unspecified atom stereocenters. The second-order valence-electron chi connectivity index (χ2n) is 7.73. The number of carboxylic acids is 1. The van der Waals surface area contributed by atoms with E-state index in [1.807, 2.05) is 49.4 Å². The van der Waals surface area contributed by atoms with Gasteiger partial charge in [-0.15, -0.1) is 0 Å². The largest absolute Gasteiger partial charge is 0.493 e. The third-order valence-corrected chi connectivity index (χ3v) is 6.59. The number of amidine groups is 1. The van der Waals surface area contributed by atoms with Crippen molar-refractivity contribution in [1.82, 2.24) is 4.90 Å². The number of aromatic carboxylic acids is 1. The summed E-state index contributed by atoms with van der Waals surface area (Å²) in [7, 11) is 1.57. The minimum atomic E-state index is -1.00. The summed E-state index contributed by atoms with van der Waals surface area (Å²) in [5, 5.41) is 10.3. The Morgan fingerprint density at radius 1 is 1.08 bits per heavy atom. The fourth-order valence-electron chi connectivity index (χ4n) is 3.45. The van der Waals surface area contributed by atoms with E-state index in [1.165, 1.54) is 23.9 Å². The van der Waals surface area contributed by atoms with Gasteiger partial charge in [-0.1, -0.05) is 29.8 Å². The van der Waals surface area contributed by atoms with E-state index in [-0.39, 0.29) is 11.5 Å². The number of halogens is 1. The number of likely N-dealkylation sites (N-methyl/N-ethyl adjacent to an activating group) is 1. The molecule has 3 aromatic carbocycles. The molecule has 9 heteroatoms. The van der Waals surface area contributed by atoms with E-state index < -0.39 is 5.97 Å². The lowest BCUT2D eigenvalue weighted by molar-refractivity contribution is -0.122. The van der Waals surface area contributed by atoms with Crippen LogP contribution in [0.5, 0.6) is 11.5 Å². The Morgan fingerprint density at radius 2 is 1.81 bits per heavy atom. The van der Waals surface area contributed by atoms with E-state index in [9.17, 15) is 9.59 Å². The minimum Gasteiger partial charge on any atom is -0.493 e. The number of benzene rings is 3. The van der Waals surface area contributed by atoms with Crippen LogP contribution in [0.1, 0.15) is 28.4 Å². The van der Waals surface area contributed by atoms with Crippen LogP contribution in [0.15, 0.2) is 76.6 Å². The zero-order valence-corrected chi connectivity index (χ0v) is 21.2. The molecule has 184 valence electrons. The Hall–Kier alpha value is -3.75. The number of methoxy groups -OCH3 is 1. The highest BCUT2D eigenvalue weighted by molar-refractivity contribution is 8.18. The highest BCUT2D eigenvalue weighted by Gasteiger charge is 2.32. The van der Waals surface area contributed by atoms with Gasteiger partial charge in [0.15, 0.2) is 16.7 Å². The smallest absolute Gasteiger partial charge is 0.335 e. The highest BCUT2D eigenvalue weighted by atomic mass is 35.5. The molecule has 1 saturated heterocycles. The summed E-state index contributed by atoms with van der Waals surface area (Å²) in [6.45, 7) is 2.69. The SMILES string of the molecule is CCN1C(=O)/C(=C\c2ccc(OCc3ccc(Cl)cc3)c(OC)c2)SC1=Nc1ccc(C(=O)O)cc1. The average Bonchev–Trinajstić information content (AvgIpc) is 3.17. The third kappa shape index (κ3) is 5.90. The van der Waals surface area contributed by atoms with Crippen LogP contribution in [0.2, 0.25) is 5.02 Å². The topological polar surface area (TPSA) is 88.4 Å². The molecule has 4 rings (SSSR count). The summed E-state index contributed by atoms with van der Waals surface area (Å²) in [5.74, 6) is -0.0157. The maximum absolute atomic E-state index is 13.0. The van der Waals surface area contributed by atoms with Crippen molar-refractivity contribution in [3.05, 3.63) is 93.3 Å². The fraction of sp³-hybridized carbons (Fsp3) is 0.148. The number of hydrogen-bond acceptors (Lipinski definition) is 6. The van der Waals surface area contributed by atoms with Crippen molar-refractivity contribution in [2.24, 2.45) is 4.99 Å². The van der Waals surface area contributed by atoms with E-state index in [4.69, 9.17) is 26.2 Å². The van der Waals surface area contributed by atoms with Crippen LogP contribution in [0, 0.1) is 0 Å². The maximum atomic E-state index is 13.0. The molecule has 0 aromatic heterocycles. The van der Waals surface area contributed by atoms with E-state index in [0.29, 0.717) is 45.4 Å². The van der Waals surface area contributed by atoms with Gasteiger partial charge in [0.1, 0.15) is 6.61 Å². The number of hydrogen-bond donors (Lipinski definition) is 1. The first-order valence-corrected chi connectivity index (χ1v) is 12.3. The Labute approximate surface area is 218 Å². The third-order valence-electron chi connectivity index (χ3n) is 5.34. The lowest BCUT2D eigenvalue weighted by Crippen LogP contribution is -2.28. The van der Waals surface area contributed by atoms with Crippen LogP contribution in [0.4, 0.5) is 5.69 Å². The first-order valence-electron chi connectivity index (χ1n) is 11.1. The molecule has 1 amide bonds. The number of ether oxygens (including phenoxy) is 2. The van der Waals surface area contributed by atoms with Crippen LogP contribution in [0.25, 0.3) is 6.08 Å². The van der Waals surface area contributed by atoms with E-state index in [2.05, 4.69) is 4.99 Å². The van der Waals surface area contributed by atoms with E-state index in [0.717, 1.165) is 11.1 Å². The van der Waals surface area contributed by atoms with E-state index in [1.54, 1.807) is 30.2 Å². The molecule has 3 aromatic rings. The first-order chi connectivity index (χ1) is 17.4. The molecule has 1 aliphatic heterocycles. The van der Waals surface area contributed by atoms with Crippen LogP contribution in [0.3, 0.4) is 0 Å². The molecule has 0 aliphatic carbocycles. The van der Waals surface area contributed by atoms with Gasteiger partial charge in [0.25, 0.3) is 5.91 Å². The monoisotopic (exact) mass is 522 g/mol. The molecule has 1 aliphatic rings. The summed E-state index contributed by atoms with van der Waals surface area (Å²) in [6, 6.07) is 19.1. The number of carbonyl (C=O) groups excluding carboxylic acids is 1. The van der Waals surface area contributed by atoms with E-state index >= 15 is 0 Å². The lowest BCUT2D eigenvalue weighted by atomic mass is 10.1. The summed E-state index contributed by atoms with van der Waals surface area (Å²) in [4.78, 5) is 30.7. The standard InChI is InChI=1S/C27H23ClN2O5S/c1-3-30-25(31)24(36-27(30)29-21-11-7-19(8-12-21)26(32)33)15-18-6-13-22(23(14-18)34-2)35-16-17-4-9-20(28)10-5-17/h4-15H,3,16H2,1-2H3,(H,32,33)/b24-15+,29-27?. The van der Waals surface area contributed by atoms with Crippen molar-refractivity contribution < 1.29 is 24.2 Å². The number of carboxylic acid groups (broad SMARTS) is 1. The van der Waals surface area contributed by atoms with Crippen LogP contribution in [-0.4, -0.2) is 40.7 Å². The van der Waals surface area contributed by atoms with Crippen LogP contribution < -0.4 is 9.47 Å². The van der Waals surface area contributed by atoms with Gasteiger partial charge < -0.3 is 14.6 Å². The molecule has 36 heavy (non-hydrogen) atoms. The Balaban J connectivity index is 1.53. The molecule has 0 spiro atoms. The lowest BCUT2D eigenvalue weighted by Gasteiger charge is -2.12. The van der Waals surface area contributed by atoms with Crippen molar-refractivity contribution in [2.45, 2.75) is 13.5 Å². The molecule has 1 fully saturated rings. The predicted octanol–water partition coefficient (Wildman–Crippen LogP) is 6.25. The average molecular weight is 523 g/mol. The van der Waals surface area contributed by atoms with Crippen molar-refractivity contribution >= 4 is 52.2 Å². The molecule has 0 atom stereocenters. The number of nitrogens with zero attached hydrogens (tertiary/aromatic N) is 2.